The molecule has 0 aromatic rings. The number of aliphatic hydroxyl groups excluding tert-OH is 11. The smallest absolute Gasteiger partial charge is 0.220 e. The molecule has 3 saturated heterocycles. The molecule has 570 valence electrons. The summed E-state index contributed by atoms with van der Waals surface area (Å²) in [5.41, 5.74) is 0. The number of carbonyl (C=O) groups excluding carboxylic acids is 1. The number of hydrogen-bond acceptors (Lipinski definition) is 18. The molecule has 19 heteroatoms. The van der Waals surface area contributed by atoms with E-state index in [9.17, 15) is 61.0 Å². The van der Waals surface area contributed by atoms with Crippen LogP contribution in [0, 0.1) is 0 Å². The van der Waals surface area contributed by atoms with Gasteiger partial charge in [-0.2, -0.15) is 0 Å². The fourth-order valence-corrected chi connectivity index (χ4v) is 13.0. The van der Waals surface area contributed by atoms with E-state index in [2.05, 4.69) is 92.1 Å². The molecule has 17 unspecified atom stereocenters. The SMILES string of the molecule is CC/C=C\C/C=C\C/C=C\C/C=C\C/C=C\C/C=C\CCCCCCCCCCCCCCCCC(=O)NC(COC1OC(CO)C(OC2OC(CO)C(OC3OC(CO)C(O)C(O)C3O)C(O)C2O)C(O)C1O)C(O)CCCCCCCCCCCCCCCCCCCCCC. The number of carbonyl (C=O) groups is 1. The van der Waals surface area contributed by atoms with Gasteiger partial charge in [0, 0.05) is 6.42 Å². The highest BCUT2D eigenvalue weighted by Gasteiger charge is 2.54. The maximum absolute atomic E-state index is 13.5. The van der Waals surface area contributed by atoms with Gasteiger partial charge in [0.1, 0.15) is 73.2 Å². The molecule has 17 atom stereocenters. The lowest BCUT2D eigenvalue weighted by Gasteiger charge is -2.48. The summed E-state index contributed by atoms with van der Waals surface area (Å²) in [6.07, 6.45) is 49.8. The van der Waals surface area contributed by atoms with E-state index in [-0.39, 0.29) is 18.9 Å². The van der Waals surface area contributed by atoms with Gasteiger partial charge in [-0.05, 0) is 64.2 Å². The van der Waals surface area contributed by atoms with Crippen molar-refractivity contribution in [3.63, 3.8) is 0 Å². The molecule has 19 nitrogen and oxygen atoms in total. The van der Waals surface area contributed by atoms with Gasteiger partial charge in [-0.15, -0.1) is 0 Å². The molecule has 3 heterocycles. The first-order valence-electron chi connectivity index (χ1n) is 39.2. The predicted octanol–water partition coefficient (Wildman–Crippen LogP) is 12.4. The van der Waals surface area contributed by atoms with E-state index in [0.717, 1.165) is 89.9 Å². The van der Waals surface area contributed by atoms with Crippen LogP contribution in [0.1, 0.15) is 290 Å². The lowest BCUT2D eigenvalue weighted by atomic mass is 9.96. The highest BCUT2D eigenvalue weighted by atomic mass is 16.8. The number of nitrogens with one attached hydrogen (secondary N) is 1. The maximum atomic E-state index is 13.5. The van der Waals surface area contributed by atoms with Gasteiger partial charge in [0.05, 0.1) is 38.6 Å². The van der Waals surface area contributed by atoms with Gasteiger partial charge in [-0.1, -0.05) is 292 Å². The molecule has 3 aliphatic rings. The van der Waals surface area contributed by atoms with E-state index in [1.807, 2.05) is 0 Å². The lowest BCUT2D eigenvalue weighted by molar-refractivity contribution is -0.379. The van der Waals surface area contributed by atoms with Gasteiger partial charge in [0.25, 0.3) is 0 Å². The Balaban J connectivity index is 1.36. The van der Waals surface area contributed by atoms with Crippen LogP contribution in [0.3, 0.4) is 0 Å². The standard InChI is InChI=1S/C79H141NO18/c1-3-5-7-9-11-13-15-17-19-21-23-25-26-27-28-29-30-31-32-33-34-35-36-37-39-41-43-45-47-49-51-53-55-57-67(85)80-62(63(84)56-54-52-50-48-46-44-42-40-38-24-22-20-18-16-14-12-10-8-6-4-2)61-93-77-73(91)70(88)75(65(59-82)95-77)98-79-74(92)71(89)76(66(60-83)96-79)97-78-72(90)69(87)68(86)64(58-81)94-78/h5,7,11,13,17,19,23,25,27-28,30-31,62-66,68-79,81-84,86-92H,3-4,6,8-10,12,14-16,18,20-22,24,26,29,32-61H2,1-2H3,(H,80,85)/b7-5-,13-11-,19-17-,25-23-,28-27-,31-30-. The zero-order chi connectivity index (χ0) is 71.1. The van der Waals surface area contributed by atoms with Crippen molar-refractivity contribution in [3.8, 4) is 0 Å². The first kappa shape index (κ1) is 89.4. The molecule has 3 fully saturated rings. The summed E-state index contributed by atoms with van der Waals surface area (Å²) < 4.78 is 34.5. The third-order valence-electron chi connectivity index (χ3n) is 19.3. The second-order valence-electron chi connectivity index (χ2n) is 27.8. The van der Waals surface area contributed by atoms with Gasteiger partial charge >= 0.3 is 0 Å². The molecule has 1 amide bonds. The Morgan fingerprint density at radius 1 is 0.378 bits per heavy atom. The van der Waals surface area contributed by atoms with Crippen LogP contribution >= 0.6 is 0 Å². The second-order valence-corrected chi connectivity index (χ2v) is 27.8. The van der Waals surface area contributed by atoms with Crippen LogP contribution in [0.15, 0.2) is 72.9 Å². The largest absolute Gasteiger partial charge is 0.394 e. The normalized spacial score (nSPS) is 27.1. The van der Waals surface area contributed by atoms with Crippen molar-refractivity contribution in [1.29, 1.82) is 0 Å². The predicted molar refractivity (Wildman–Crippen MR) is 388 cm³/mol. The van der Waals surface area contributed by atoms with Crippen LogP contribution in [0.5, 0.6) is 0 Å². The quantitative estimate of drug-likeness (QED) is 0.0199. The fourth-order valence-electron chi connectivity index (χ4n) is 13.0. The van der Waals surface area contributed by atoms with Crippen LogP contribution < -0.4 is 5.32 Å². The van der Waals surface area contributed by atoms with E-state index >= 15 is 0 Å². The molecule has 3 aliphatic heterocycles. The van der Waals surface area contributed by atoms with E-state index in [0.29, 0.717) is 12.8 Å². The van der Waals surface area contributed by atoms with Crippen molar-refractivity contribution in [3.05, 3.63) is 72.9 Å². The highest BCUT2D eigenvalue weighted by molar-refractivity contribution is 5.76. The summed E-state index contributed by atoms with van der Waals surface area (Å²) in [7, 11) is 0. The first-order chi connectivity index (χ1) is 47.8. The Labute approximate surface area is 591 Å². The highest BCUT2D eigenvalue weighted by Crippen LogP contribution is 2.33. The third-order valence-corrected chi connectivity index (χ3v) is 19.3. The van der Waals surface area contributed by atoms with Crippen molar-refractivity contribution in [2.75, 3.05) is 26.4 Å². The number of unbranched alkanes of at least 4 members (excludes halogenated alkanes) is 33. The summed E-state index contributed by atoms with van der Waals surface area (Å²) in [6.45, 7) is 1.71. The number of rotatable bonds is 61. The topological polar surface area (TPSA) is 307 Å². The molecular formula is C79H141NO18. The van der Waals surface area contributed by atoms with Gasteiger partial charge in [0.2, 0.25) is 5.91 Å². The lowest BCUT2D eigenvalue weighted by Crippen LogP contribution is -2.66. The minimum absolute atomic E-state index is 0.242. The van der Waals surface area contributed by atoms with Crippen LogP contribution in [0.4, 0.5) is 0 Å². The van der Waals surface area contributed by atoms with Crippen molar-refractivity contribution in [2.45, 2.75) is 394 Å². The molecule has 0 radical (unpaired) electrons. The third kappa shape index (κ3) is 39.8. The zero-order valence-corrected chi connectivity index (χ0v) is 60.8. The van der Waals surface area contributed by atoms with Crippen molar-refractivity contribution in [1.82, 2.24) is 5.32 Å². The Hall–Kier alpha value is -2.77. The van der Waals surface area contributed by atoms with Crippen molar-refractivity contribution >= 4 is 5.91 Å². The molecule has 0 aliphatic carbocycles. The zero-order valence-electron chi connectivity index (χ0n) is 60.8. The van der Waals surface area contributed by atoms with Crippen LogP contribution in [-0.2, 0) is 33.2 Å². The van der Waals surface area contributed by atoms with E-state index in [4.69, 9.17) is 28.4 Å². The van der Waals surface area contributed by atoms with Crippen LogP contribution in [0.25, 0.3) is 0 Å². The molecule has 0 spiro atoms. The Morgan fingerprint density at radius 2 is 0.704 bits per heavy atom. The van der Waals surface area contributed by atoms with Crippen LogP contribution in [-0.4, -0.2) is 193 Å². The number of amides is 1. The average molecular weight is 1390 g/mol. The summed E-state index contributed by atoms with van der Waals surface area (Å²) in [5.74, 6) is -0.242. The summed E-state index contributed by atoms with van der Waals surface area (Å²) >= 11 is 0. The number of allylic oxidation sites excluding steroid dienone is 12. The van der Waals surface area contributed by atoms with Gasteiger partial charge in [-0.3, -0.25) is 4.79 Å². The Kier molecular flexibility index (Phi) is 54.4. The molecule has 12 N–H and O–H groups in total. The molecule has 0 aromatic carbocycles. The van der Waals surface area contributed by atoms with Gasteiger partial charge in [-0.25, -0.2) is 0 Å². The minimum atomic E-state index is -1.97. The first-order valence-corrected chi connectivity index (χ1v) is 39.2. The van der Waals surface area contributed by atoms with E-state index < -0.39 is 124 Å². The fraction of sp³-hybridized carbons (Fsp3) is 0.835. The van der Waals surface area contributed by atoms with Crippen LogP contribution in [0.2, 0.25) is 0 Å². The van der Waals surface area contributed by atoms with Crippen molar-refractivity contribution < 1.29 is 89.4 Å². The summed E-state index contributed by atoms with van der Waals surface area (Å²) in [6, 6.07) is -0.892. The molecule has 0 bridgehead atoms. The number of aliphatic hydroxyl groups is 11. The van der Waals surface area contributed by atoms with Gasteiger partial charge in [0.15, 0.2) is 18.9 Å². The van der Waals surface area contributed by atoms with Crippen molar-refractivity contribution in [2.24, 2.45) is 0 Å². The summed E-state index contributed by atoms with van der Waals surface area (Å²) in [4.78, 5) is 13.5. The summed E-state index contributed by atoms with van der Waals surface area (Å²) in [5, 5.41) is 121. The second kappa shape index (κ2) is 59.6. The molecule has 0 saturated carbocycles. The minimum Gasteiger partial charge on any atom is -0.394 e. The van der Waals surface area contributed by atoms with E-state index in [1.54, 1.807) is 0 Å². The number of hydrogen-bond donors (Lipinski definition) is 12. The molecule has 0 aromatic heterocycles. The van der Waals surface area contributed by atoms with Gasteiger partial charge < -0.3 is 89.9 Å². The monoisotopic (exact) mass is 1390 g/mol. The molecular weight excluding hydrogens is 1250 g/mol. The molecule has 3 rings (SSSR count). The van der Waals surface area contributed by atoms with E-state index in [1.165, 1.54) is 167 Å². The average Bonchev–Trinajstić information content (AvgIpc) is 0.782. The Bertz CT molecular complexity index is 2050. The Morgan fingerprint density at radius 3 is 1.10 bits per heavy atom. The number of ether oxygens (including phenoxy) is 6. The molecule has 98 heavy (non-hydrogen) atoms. The maximum Gasteiger partial charge on any atom is 0.220 e.